The maximum absolute atomic E-state index is 12.1. The second-order valence-electron chi connectivity index (χ2n) is 5.54. The number of nitrogens with zero attached hydrogens (tertiary/aromatic N) is 1. The van der Waals surface area contributed by atoms with E-state index in [1.54, 1.807) is 4.90 Å². The molecule has 1 amide bonds. The van der Waals surface area contributed by atoms with Crippen LogP contribution < -0.4 is 0 Å². The van der Waals surface area contributed by atoms with Crippen molar-refractivity contribution >= 4 is 6.09 Å². The van der Waals surface area contributed by atoms with Crippen LogP contribution in [0.15, 0.2) is 23.5 Å². The summed E-state index contributed by atoms with van der Waals surface area (Å²) in [5.41, 5.74) is 0.579. The van der Waals surface area contributed by atoms with E-state index >= 15 is 0 Å². The molecule has 0 bridgehead atoms. The highest BCUT2D eigenvalue weighted by Gasteiger charge is 2.25. The minimum atomic E-state index is -0.470. The predicted octanol–water partition coefficient (Wildman–Crippen LogP) is 3.49. The molecule has 0 aromatic carbocycles. The highest BCUT2D eigenvalue weighted by Crippen LogP contribution is 2.20. The summed E-state index contributed by atoms with van der Waals surface area (Å²) in [6.07, 6.45) is 4.67. The highest BCUT2D eigenvalue weighted by molar-refractivity contribution is 5.68. The molecular formula is C15H25NO3. The van der Waals surface area contributed by atoms with Crippen LogP contribution in [0.2, 0.25) is 0 Å². The lowest BCUT2D eigenvalue weighted by Gasteiger charge is -2.26. The van der Waals surface area contributed by atoms with Gasteiger partial charge in [-0.1, -0.05) is 13.0 Å². The quantitative estimate of drug-likeness (QED) is 0.730. The lowest BCUT2D eigenvalue weighted by molar-refractivity contribution is 0.0254. The lowest BCUT2D eigenvalue weighted by atomic mass is 10.1. The van der Waals surface area contributed by atoms with Crippen molar-refractivity contribution in [2.45, 2.75) is 46.6 Å². The minimum Gasteiger partial charge on any atom is -0.492 e. The monoisotopic (exact) mass is 267 g/mol. The van der Waals surface area contributed by atoms with Crippen LogP contribution in [0, 0.1) is 0 Å². The summed E-state index contributed by atoms with van der Waals surface area (Å²) in [4.78, 5) is 13.8. The number of carbonyl (C=O) groups excluding carboxylic acids is 1. The Morgan fingerprint density at radius 2 is 2.16 bits per heavy atom. The van der Waals surface area contributed by atoms with Gasteiger partial charge in [0.15, 0.2) is 0 Å². The van der Waals surface area contributed by atoms with E-state index in [2.05, 4.69) is 13.0 Å². The number of hydrogen-bond acceptors (Lipinski definition) is 3. The van der Waals surface area contributed by atoms with Crippen LogP contribution in [-0.2, 0) is 9.47 Å². The summed E-state index contributed by atoms with van der Waals surface area (Å²) in [7, 11) is 0. The normalized spacial score (nSPS) is 21.2. The van der Waals surface area contributed by atoms with E-state index in [4.69, 9.17) is 9.47 Å². The zero-order chi connectivity index (χ0) is 14.5. The van der Waals surface area contributed by atoms with Gasteiger partial charge in [0.05, 0.1) is 13.1 Å². The van der Waals surface area contributed by atoms with Gasteiger partial charge < -0.3 is 14.4 Å². The first-order valence-corrected chi connectivity index (χ1v) is 6.83. The molecule has 0 unspecified atom stereocenters. The number of carbonyl (C=O) groups is 1. The van der Waals surface area contributed by atoms with Crippen molar-refractivity contribution in [3.8, 4) is 0 Å². The highest BCUT2D eigenvalue weighted by atomic mass is 16.6. The van der Waals surface area contributed by atoms with E-state index in [0.717, 1.165) is 17.8 Å². The van der Waals surface area contributed by atoms with E-state index in [1.807, 2.05) is 33.8 Å². The third kappa shape index (κ3) is 4.97. The van der Waals surface area contributed by atoms with E-state index in [9.17, 15) is 4.79 Å². The molecule has 0 atom stereocenters. The van der Waals surface area contributed by atoms with Crippen LogP contribution in [0.5, 0.6) is 0 Å². The number of hydrogen-bond donors (Lipinski definition) is 0. The summed E-state index contributed by atoms with van der Waals surface area (Å²) in [5.74, 6) is 0.868. The average molecular weight is 267 g/mol. The fourth-order valence-corrected chi connectivity index (χ4v) is 1.88. The number of amides is 1. The zero-order valence-electron chi connectivity index (χ0n) is 12.7. The molecule has 1 fully saturated rings. The molecule has 0 radical (unpaired) electrons. The van der Waals surface area contributed by atoms with Gasteiger partial charge in [0.25, 0.3) is 0 Å². The standard InChI is InChI=1S/C15H25NO3/c1-6-8-12-11-16(9-10-18-13(12)7-2)14(17)19-15(3,4)5/h7-8H,6,9-11H2,1-5H3/b12-8-,13-7+. The molecule has 1 aliphatic rings. The van der Waals surface area contributed by atoms with Crippen molar-refractivity contribution in [1.82, 2.24) is 4.90 Å². The molecule has 1 aliphatic heterocycles. The summed E-state index contributed by atoms with van der Waals surface area (Å²) < 4.78 is 11.1. The Hall–Kier alpha value is -1.45. The fourth-order valence-electron chi connectivity index (χ4n) is 1.88. The fraction of sp³-hybridized carbons (Fsp3) is 0.667. The maximum atomic E-state index is 12.1. The second-order valence-corrected chi connectivity index (χ2v) is 5.54. The Balaban J connectivity index is 2.82. The Morgan fingerprint density at radius 3 is 2.68 bits per heavy atom. The number of allylic oxidation sites excluding steroid dienone is 2. The Labute approximate surface area is 116 Å². The van der Waals surface area contributed by atoms with Crippen molar-refractivity contribution in [2.24, 2.45) is 0 Å². The van der Waals surface area contributed by atoms with E-state index < -0.39 is 5.60 Å². The largest absolute Gasteiger partial charge is 0.492 e. The van der Waals surface area contributed by atoms with Gasteiger partial charge in [-0.2, -0.15) is 0 Å². The third-order valence-electron chi connectivity index (χ3n) is 2.66. The van der Waals surface area contributed by atoms with Crippen LogP contribution >= 0.6 is 0 Å². The Kier molecular flexibility index (Phi) is 5.45. The molecule has 19 heavy (non-hydrogen) atoms. The minimum absolute atomic E-state index is 0.282. The summed E-state index contributed by atoms with van der Waals surface area (Å²) in [6.45, 7) is 11.2. The van der Waals surface area contributed by atoms with E-state index in [0.29, 0.717) is 19.7 Å². The van der Waals surface area contributed by atoms with Crippen LogP contribution in [0.4, 0.5) is 4.79 Å². The SMILES string of the molecule is C/C=C1/OCCN(C(=O)OC(C)(C)C)C/C1=C/CC. The summed E-state index contributed by atoms with van der Waals surface area (Å²) >= 11 is 0. The van der Waals surface area contributed by atoms with Gasteiger partial charge in [0.1, 0.15) is 18.0 Å². The summed E-state index contributed by atoms with van der Waals surface area (Å²) in [5, 5.41) is 0. The number of rotatable bonds is 1. The Morgan fingerprint density at radius 1 is 1.47 bits per heavy atom. The molecule has 0 aromatic heterocycles. The first kappa shape index (κ1) is 15.6. The van der Waals surface area contributed by atoms with Gasteiger partial charge in [-0.25, -0.2) is 4.79 Å². The molecule has 108 valence electrons. The van der Waals surface area contributed by atoms with Crippen LogP contribution in [0.3, 0.4) is 0 Å². The van der Waals surface area contributed by atoms with Crippen molar-refractivity contribution in [3.05, 3.63) is 23.5 Å². The lowest BCUT2D eigenvalue weighted by Crippen LogP contribution is -2.38. The summed E-state index contributed by atoms with van der Waals surface area (Å²) in [6, 6.07) is 0. The molecular weight excluding hydrogens is 242 g/mol. The van der Waals surface area contributed by atoms with Gasteiger partial charge in [-0.3, -0.25) is 0 Å². The smallest absolute Gasteiger partial charge is 0.410 e. The molecule has 1 rings (SSSR count). The van der Waals surface area contributed by atoms with Gasteiger partial charge in [-0.15, -0.1) is 0 Å². The molecule has 0 aliphatic carbocycles. The van der Waals surface area contributed by atoms with Crippen molar-refractivity contribution in [3.63, 3.8) is 0 Å². The first-order valence-electron chi connectivity index (χ1n) is 6.83. The van der Waals surface area contributed by atoms with Crippen molar-refractivity contribution in [1.29, 1.82) is 0 Å². The van der Waals surface area contributed by atoms with E-state index in [1.165, 1.54) is 0 Å². The van der Waals surface area contributed by atoms with Crippen LogP contribution in [-0.4, -0.2) is 36.3 Å². The maximum Gasteiger partial charge on any atom is 0.410 e. The Bertz CT molecular complexity index is 377. The molecule has 1 saturated heterocycles. The predicted molar refractivity (Wildman–Crippen MR) is 75.9 cm³/mol. The molecule has 0 saturated carbocycles. The first-order chi connectivity index (χ1) is 8.87. The zero-order valence-corrected chi connectivity index (χ0v) is 12.7. The van der Waals surface area contributed by atoms with Gasteiger partial charge in [-0.05, 0) is 40.2 Å². The van der Waals surface area contributed by atoms with Crippen molar-refractivity contribution < 1.29 is 14.3 Å². The molecule has 0 spiro atoms. The third-order valence-corrected chi connectivity index (χ3v) is 2.66. The molecule has 0 aromatic rings. The molecule has 1 heterocycles. The number of ether oxygens (including phenoxy) is 2. The van der Waals surface area contributed by atoms with E-state index in [-0.39, 0.29) is 6.09 Å². The topological polar surface area (TPSA) is 38.8 Å². The van der Waals surface area contributed by atoms with Crippen molar-refractivity contribution in [2.75, 3.05) is 19.7 Å². The molecule has 0 N–H and O–H groups in total. The van der Waals surface area contributed by atoms with Gasteiger partial charge >= 0.3 is 6.09 Å². The molecule has 4 heteroatoms. The van der Waals surface area contributed by atoms with Crippen LogP contribution in [0.25, 0.3) is 0 Å². The van der Waals surface area contributed by atoms with Gasteiger partial charge in [0.2, 0.25) is 0 Å². The van der Waals surface area contributed by atoms with Gasteiger partial charge in [0, 0.05) is 5.57 Å². The molecule has 4 nitrogen and oxygen atoms in total. The average Bonchev–Trinajstić information content (AvgIpc) is 2.49. The van der Waals surface area contributed by atoms with Crippen LogP contribution in [0.1, 0.15) is 41.0 Å². The second kappa shape index (κ2) is 6.64.